The number of rotatable bonds is 4. The normalized spacial score (nSPS) is 17.1. The largest absolute Gasteiger partial charge is 0.438 e. The summed E-state index contributed by atoms with van der Waals surface area (Å²) in [6.07, 6.45) is 2.22. The molecule has 2 aromatic rings. The van der Waals surface area contributed by atoms with Gasteiger partial charge in [-0.3, -0.25) is 9.59 Å². The fourth-order valence-electron chi connectivity index (χ4n) is 2.23. The summed E-state index contributed by atoms with van der Waals surface area (Å²) >= 11 is 1.25. The minimum absolute atomic E-state index is 0.00300. The van der Waals surface area contributed by atoms with E-state index >= 15 is 0 Å². The van der Waals surface area contributed by atoms with Crippen LogP contribution in [-0.2, 0) is 4.79 Å². The fraction of sp³-hybridized carbons (Fsp3) is 0.235. The molecule has 3 rings (SSSR count). The van der Waals surface area contributed by atoms with E-state index in [1.807, 2.05) is 31.2 Å². The second-order valence-corrected chi connectivity index (χ2v) is 6.35. The van der Waals surface area contributed by atoms with Crippen LogP contribution in [0.4, 0.5) is 0 Å². The molecule has 1 saturated heterocycles. The Bertz CT molecular complexity index is 731. The van der Waals surface area contributed by atoms with E-state index in [4.69, 9.17) is 4.74 Å². The molecule has 118 valence electrons. The van der Waals surface area contributed by atoms with Gasteiger partial charge >= 0.3 is 0 Å². The number of nitrogens with zero attached hydrogens (tertiary/aromatic N) is 1. The number of ether oxygens (including phenoxy) is 1. The molecule has 1 aliphatic heterocycles. The van der Waals surface area contributed by atoms with Crippen molar-refractivity contribution in [2.75, 3.05) is 5.75 Å². The first kappa shape index (κ1) is 15.6. The number of pyridine rings is 1. The summed E-state index contributed by atoms with van der Waals surface area (Å²) in [5, 5.41) is 2.75. The lowest BCUT2D eigenvalue weighted by Gasteiger charge is -2.13. The molecule has 0 radical (unpaired) electrons. The molecule has 1 aromatic heterocycles. The number of amides is 1. The van der Waals surface area contributed by atoms with Crippen LogP contribution in [0.2, 0.25) is 0 Å². The van der Waals surface area contributed by atoms with E-state index in [2.05, 4.69) is 10.3 Å². The molecule has 1 aromatic carbocycles. The summed E-state index contributed by atoms with van der Waals surface area (Å²) in [7, 11) is 0. The molecule has 1 aliphatic rings. The third kappa shape index (κ3) is 3.71. The van der Waals surface area contributed by atoms with Crippen molar-refractivity contribution in [2.45, 2.75) is 19.4 Å². The number of aryl methyl sites for hydroxylation is 1. The number of benzene rings is 1. The monoisotopic (exact) mass is 328 g/mol. The fourth-order valence-corrected chi connectivity index (χ4v) is 3.16. The zero-order valence-corrected chi connectivity index (χ0v) is 13.4. The van der Waals surface area contributed by atoms with Gasteiger partial charge in [0, 0.05) is 11.9 Å². The molecule has 0 saturated carbocycles. The van der Waals surface area contributed by atoms with Crippen LogP contribution < -0.4 is 10.1 Å². The molecule has 5 nitrogen and oxygen atoms in total. The predicted octanol–water partition coefficient (Wildman–Crippen LogP) is 2.94. The van der Waals surface area contributed by atoms with Crippen LogP contribution in [-0.4, -0.2) is 27.8 Å². The van der Waals surface area contributed by atoms with Gasteiger partial charge in [-0.05, 0) is 37.6 Å². The summed E-state index contributed by atoms with van der Waals surface area (Å²) in [4.78, 5) is 28.2. The molecule has 1 amide bonds. The molecule has 0 unspecified atom stereocenters. The topological polar surface area (TPSA) is 68.3 Å². The van der Waals surface area contributed by atoms with Crippen molar-refractivity contribution in [3.8, 4) is 11.6 Å². The molecular formula is C17H16N2O3S. The van der Waals surface area contributed by atoms with Gasteiger partial charge in [-0.15, -0.1) is 0 Å². The zero-order chi connectivity index (χ0) is 16.2. The first-order chi connectivity index (χ1) is 11.1. The third-order valence-electron chi connectivity index (χ3n) is 3.49. The highest BCUT2D eigenvalue weighted by molar-refractivity contribution is 8.14. The minimum Gasteiger partial charge on any atom is -0.438 e. The van der Waals surface area contributed by atoms with E-state index in [0.29, 0.717) is 17.7 Å². The van der Waals surface area contributed by atoms with Crippen LogP contribution >= 0.6 is 11.8 Å². The van der Waals surface area contributed by atoms with Crippen LogP contribution in [0, 0.1) is 6.92 Å². The summed E-state index contributed by atoms with van der Waals surface area (Å²) < 4.78 is 5.71. The average Bonchev–Trinajstić information content (AvgIpc) is 2.95. The summed E-state index contributed by atoms with van der Waals surface area (Å²) in [5.74, 6) is 1.23. The molecule has 0 bridgehead atoms. The van der Waals surface area contributed by atoms with E-state index in [9.17, 15) is 9.59 Å². The summed E-state index contributed by atoms with van der Waals surface area (Å²) in [6.45, 7) is 1.99. The van der Waals surface area contributed by atoms with Gasteiger partial charge in [-0.25, -0.2) is 4.98 Å². The molecule has 0 aliphatic carbocycles. The van der Waals surface area contributed by atoms with Gasteiger partial charge in [-0.1, -0.05) is 29.5 Å². The van der Waals surface area contributed by atoms with E-state index in [-0.39, 0.29) is 16.9 Å². The summed E-state index contributed by atoms with van der Waals surface area (Å²) in [6, 6.07) is 10.4. The number of nitrogens with one attached hydrogen (secondary N) is 1. The smallest absolute Gasteiger partial charge is 0.257 e. The number of hydrogen-bond donors (Lipinski definition) is 1. The van der Waals surface area contributed by atoms with Gasteiger partial charge in [0.2, 0.25) is 11.0 Å². The molecule has 0 spiro atoms. The molecule has 23 heavy (non-hydrogen) atoms. The Morgan fingerprint density at radius 2 is 2.09 bits per heavy atom. The second-order valence-electron chi connectivity index (χ2n) is 5.25. The van der Waals surface area contributed by atoms with Crippen LogP contribution in [0.1, 0.15) is 22.3 Å². The predicted molar refractivity (Wildman–Crippen MR) is 88.8 cm³/mol. The van der Waals surface area contributed by atoms with Crippen molar-refractivity contribution in [3.05, 3.63) is 53.7 Å². The van der Waals surface area contributed by atoms with Gasteiger partial charge in [0.15, 0.2) is 0 Å². The van der Waals surface area contributed by atoms with Crippen LogP contribution in [0.5, 0.6) is 11.6 Å². The molecule has 1 N–H and O–H groups in total. The Kier molecular flexibility index (Phi) is 4.62. The SMILES string of the molecule is Cc1ccc(Oc2ncccc2C(=O)N[C@@H]2CCSC2=O)cc1. The Balaban J connectivity index is 1.78. The van der Waals surface area contributed by atoms with E-state index < -0.39 is 6.04 Å². The Morgan fingerprint density at radius 3 is 2.78 bits per heavy atom. The molecule has 6 heteroatoms. The lowest BCUT2D eigenvalue weighted by atomic mass is 10.2. The number of hydrogen-bond acceptors (Lipinski definition) is 5. The van der Waals surface area contributed by atoms with E-state index in [1.165, 1.54) is 11.8 Å². The van der Waals surface area contributed by atoms with Crippen molar-refractivity contribution in [2.24, 2.45) is 0 Å². The van der Waals surface area contributed by atoms with Gasteiger partial charge < -0.3 is 10.1 Å². The number of carbonyl (C=O) groups is 2. The highest BCUT2D eigenvalue weighted by atomic mass is 32.2. The van der Waals surface area contributed by atoms with Crippen molar-refractivity contribution < 1.29 is 14.3 Å². The van der Waals surface area contributed by atoms with Crippen LogP contribution in [0.25, 0.3) is 0 Å². The van der Waals surface area contributed by atoms with Crippen LogP contribution in [0.3, 0.4) is 0 Å². The average molecular weight is 328 g/mol. The zero-order valence-electron chi connectivity index (χ0n) is 12.6. The molecule has 2 heterocycles. The first-order valence-electron chi connectivity index (χ1n) is 7.30. The highest BCUT2D eigenvalue weighted by Gasteiger charge is 2.28. The number of carbonyl (C=O) groups excluding carboxylic acids is 2. The quantitative estimate of drug-likeness (QED) is 0.934. The molecule has 1 fully saturated rings. The Hall–Kier alpha value is -2.34. The van der Waals surface area contributed by atoms with Gasteiger partial charge in [0.1, 0.15) is 11.3 Å². The number of aromatic nitrogens is 1. The maximum atomic E-state index is 12.4. The maximum Gasteiger partial charge on any atom is 0.257 e. The molecular weight excluding hydrogens is 312 g/mol. The Labute approximate surface area is 138 Å². The highest BCUT2D eigenvalue weighted by Crippen LogP contribution is 2.24. The number of thioether (sulfide) groups is 1. The second kappa shape index (κ2) is 6.83. The maximum absolute atomic E-state index is 12.4. The van der Waals surface area contributed by atoms with Crippen molar-refractivity contribution in [1.82, 2.24) is 10.3 Å². The molecule has 1 atom stereocenters. The van der Waals surface area contributed by atoms with Crippen molar-refractivity contribution >= 4 is 22.8 Å². The summed E-state index contributed by atoms with van der Waals surface area (Å²) in [5.41, 5.74) is 1.44. The van der Waals surface area contributed by atoms with Crippen LogP contribution in [0.15, 0.2) is 42.6 Å². The van der Waals surface area contributed by atoms with Gasteiger partial charge in [0.25, 0.3) is 5.91 Å². The van der Waals surface area contributed by atoms with Gasteiger partial charge in [-0.2, -0.15) is 0 Å². The lowest BCUT2D eigenvalue weighted by molar-refractivity contribution is -0.112. The third-order valence-corrected chi connectivity index (χ3v) is 4.50. The standard InChI is InChI=1S/C17H16N2O3S/c1-11-4-6-12(7-5-11)22-16-13(3-2-9-18-16)15(20)19-14-8-10-23-17(14)21/h2-7,9,14H,8,10H2,1H3,(H,19,20)/t14-/m1/s1. The first-order valence-corrected chi connectivity index (χ1v) is 8.29. The van der Waals surface area contributed by atoms with Gasteiger partial charge in [0.05, 0.1) is 6.04 Å². The van der Waals surface area contributed by atoms with Crippen molar-refractivity contribution in [1.29, 1.82) is 0 Å². The van der Waals surface area contributed by atoms with E-state index in [1.54, 1.807) is 18.3 Å². The lowest BCUT2D eigenvalue weighted by Crippen LogP contribution is -2.37. The van der Waals surface area contributed by atoms with E-state index in [0.717, 1.165) is 11.3 Å². The van der Waals surface area contributed by atoms with Crippen molar-refractivity contribution in [3.63, 3.8) is 0 Å². The minimum atomic E-state index is -0.431. The Morgan fingerprint density at radius 1 is 1.30 bits per heavy atom.